The van der Waals surface area contributed by atoms with Crippen LogP contribution in [-0.2, 0) is 17.8 Å². The van der Waals surface area contributed by atoms with Gasteiger partial charge in [0.05, 0.1) is 23.7 Å². The van der Waals surface area contributed by atoms with Crippen LogP contribution in [0.1, 0.15) is 11.1 Å². The number of rotatable bonds is 7. The zero-order valence-corrected chi connectivity index (χ0v) is 22.1. The number of phenolic OH excluding ortho intramolecular Hbond substituents is 1. The number of carbonyl (C=O) groups is 1. The summed E-state index contributed by atoms with van der Waals surface area (Å²) in [4.78, 5) is 31.0. The fourth-order valence-corrected chi connectivity index (χ4v) is 5.02. The van der Waals surface area contributed by atoms with E-state index in [2.05, 4.69) is 37.2 Å². The standard InChI is InChI=1S/C32H30N6O2/c39-28-5-1-3-23(17-28)18-32(40)35-27-9-6-25(7-10-27)26-8-11-29-30(19-26)36-31(21-34-29)38-15-13-37(14-16-38)22-24-4-2-12-33-20-24/h1-12,17,19-21,39H,13-16,18,22H2,(H,35,40). The van der Waals surface area contributed by atoms with Crippen molar-refractivity contribution in [2.75, 3.05) is 36.4 Å². The van der Waals surface area contributed by atoms with Gasteiger partial charge in [-0.05, 0) is 64.7 Å². The number of aromatic hydroxyl groups is 1. The third-order valence-electron chi connectivity index (χ3n) is 7.13. The van der Waals surface area contributed by atoms with E-state index in [-0.39, 0.29) is 18.1 Å². The van der Waals surface area contributed by atoms with E-state index >= 15 is 0 Å². The van der Waals surface area contributed by atoms with Crippen LogP contribution >= 0.6 is 0 Å². The van der Waals surface area contributed by atoms with E-state index in [0.717, 1.165) is 72.0 Å². The molecule has 1 aliphatic rings. The van der Waals surface area contributed by atoms with Crippen LogP contribution in [0, 0.1) is 0 Å². The number of benzene rings is 3. The van der Waals surface area contributed by atoms with Gasteiger partial charge in [-0.1, -0.05) is 36.4 Å². The summed E-state index contributed by atoms with van der Waals surface area (Å²) in [6.07, 6.45) is 5.80. The molecule has 2 N–H and O–H groups in total. The molecule has 1 fully saturated rings. The normalized spacial score (nSPS) is 13.8. The monoisotopic (exact) mass is 530 g/mol. The van der Waals surface area contributed by atoms with Crippen LogP contribution in [0.2, 0.25) is 0 Å². The number of fused-ring (bicyclic) bond motifs is 1. The molecule has 8 nitrogen and oxygen atoms in total. The smallest absolute Gasteiger partial charge is 0.228 e. The van der Waals surface area contributed by atoms with E-state index < -0.39 is 0 Å². The van der Waals surface area contributed by atoms with Gasteiger partial charge < -0.3 is 15.3 Å². The van der Waals surface area contributed by atoms with Gasteiger partial charge in [0.15, 0.2) is 0 Å². The van der Waals surface area contributed by atoms with Crippen LogP contribution in [0.5, 0.6) is 5.75 Å². The minimum atomic E-state index is -0.134. The molecule has 200 valence electrons. The maximum absolute atomic E-state index is 12.4. The molecular formula is C32H30N6O2. The summed E-state index contributed by atoms with van der Waals surface area (Å²) >= 11 is 0. The van der Waals surface area contributed by atoms with Crippen LogP contribution in [0.25, 0.3) is 22.2 Å². The number of hydrogen-bond donors (Lipinski definition) is 2. The van der Waals surface area contributed by atoms with Crippen LogP contribution in [0.4, 0.5) is 11.5 Å². The molecule has 0 radical (unpaired) electrons. The highest BCUT2D eigenvalue weighted by molar-refractivity contribution is 5.92. The van der Waals surface area contributed by atoms with Crippen molar-refractivity contribution >= 4 is 28.4 Å². The number of amides is 1. The summed E-state index contributed by atoms with van der Waals surface area (Å²) in [6, 6.07) is 24.7. The zero-order chi connectivity index (χ0) is 27.3. The number of carbonyl (C=O) groups excluding carboxylic acids is 1. The second-order valence-electron chi connectivity index (χ2n) is 10.0. The third-order valence-corrected chi connectivity index (χ3v) is 7.13. The van der Waals surface area contributed by atoms with Gasteiger partial charge >= 0.3 is 0 Å². The quantitative estimate of drug-likeness (QED) is 0.309. The molecule has 6 rings (SSSR count). The fourth-order valence-electron chi connectivity index (χ4n) is 5.02. The number of hydrogen-bond acceptors (Lipinski definition) is 7. The molecule has 1 saturated heterocycles. The maximum atomic E-state index is 12.4. The van der Waals surface area contributed by atoms with E-state index in [1.165, 1.54) is 5.56 Å². The summed E-state index contributed by atoms with van der Waals surface area (Å²) in [6.45, 7) is 4.64. The van der Waals surface area contributed by atoms with Crippen molar-refractivity contribution < 1.29 is 9.90 Å². The molecule has 3 heterocycles. The SMILES string of the molecule is O=C(Cc1cccc(O)c1)Nc1ccc(-c2ccc3ncc(N4CCN(Cc5cccnc5)CC4)nc3c2)cc1. The first-order valence-corrected chi connectivity index (χ1v) is 13.4. The Balaban J connectivity index is 1.10. The molecule has 0 saturated carbocycles. The van der Waals surface area contributed by atoms with Gasteiger partial charge in [0.1, 0.15) is 11.6 Å². The van der Waals surface area contributed by atoms with Gasteiger partial charge in [-0.25, -0.2) is 4.98 Å². The Morgan fingerprint density at radius 1 is 0.825 bits per heavy atom. The van der Waals surface area contributed by atoms with Crippen LogP contribution in [-0.4, -0.2) is 57.0 Å². The number of anilines is 2. The Labute approximate surface area is 233 Å². The van der Waals surface area contributed by atoms with Gasteiger partial charge in [0.2, 0.25) is 5.91 Å². The van der Waals surface area contributed by atoms with Crippen molar-refractivity contribution in [3.8, 4) is 16.9 Å². The van der Waals surface area contributed by atoms with E-state index in [1.807, 2.05) is 67.1 Å². The van der Waals surface area contributed by atoms with E-state index in [1.54, 1.807) is 18.2 Å². The molecule has 40 heavy (non-hydrogen) atoms. The average molecular weight is 531 g/mol. The molecule has 0 spiro atoms. The Bertz CT molecular complexity index is 1620. The molecule has 1 amide bonds. The van der Waals surface area contributed by atoms with Gasteiger partial charge in [-0.15, -0.1) is 0 Å². The molecule has 2 aromatic heterocycles. The third kappa shape index (κ3) is 6.08. The van der Waals surface area contributed by atoms with Crippen molar-refractivity contribution in [1.29, 1.82) is 0 Å². The van der Waals surface area contributed by atoms with Crippen LogP contribution < -0.4 is 10.2 Å². The lowest BCUT2D eigenvalue weighted by atomic mass is 10.0. The summed E-state index contributed by atoms with van der Waals surface area (Å²) in [5.74, 6) is 0.918. The van der Waals surface area contributed by atoms with Crippen molar-refractivity contribution in [3.63, 3.8) is 0 Å². The average Bonchev–Trinajstić information content (AvgIpc) is 2.98. The Morgan fingerprint density at radius 3 is 2.40 bits per heavy atom. The molecule has 0 atom stereocenters. The van der Waals surface area contributed by atoms with Gasteiger partial charge in [-0.2, -0.15) is 0 Å². The Kier molecular flexibility index (Phi) is 7.32. The second kappa shape index (κ2) is 11.5. The van der Waals surface area contributed by atoms with Gasteiger partial charge in [-0.3, -0.25) is 19.7 Å². The molecule has 8 heteroatoms. The first-order chi connectivity index (χ1) is 19.6. The summed E-state index contributed by atoms with van der Waals surface area (Å²) in [5.41, 5.74) is 6.51. The fraction of sp³-hybridized carbons (Fsp3) is 0.188. The number of nitrogens with zero attached hydrogens (tertiary/aromatic N) is 5. The van der Waals surface area contributed by atoms with E-state index in [0.29, 0.717) is 0 Å². The first-order valence-electron chi connectivity index (χ1n) is 13.4. The number of pyridine rings is 1. The summed E-state index contributed by atoms with van der Waals surface area (Å²) < 4.78 is 0. The van der Waals surface area contributed by atoms with Crippen LogP contribution in [0.3, 0.4) is 0 Å². The molecule has 3 aromatic carbocycles. The molecule has 5 aromatic rings. The largest absolute Gasteiger partial charge is 0.508 e. The minimum Gasteiger partial charge on any atom is -0.508 e. The second-order valence-corrected chi connectivity index (χ2v) is 10.0. The van der Waals surface area contributed by atoms with Crippen molar-refractivity contribution in [2.24, 2.45) is 0 Å². The highest BCUT2D eigenvalue weighted by Crippen LogP contribution is 2.26. The predicted molar refractivity (Wildman–Crippen MR) is 157 cm³/mol. The highest BCUT2D eigenvalue weighted by atomic mass is 16.3. The number of aromatic nitrogens is 3. The van der Waals surface area contributed by atoms with Crippen LogP contribution in [0.15, 0.2) is 97.5 Å². The van der Waals surface area contributed by atoms with Gasteiger partial charge in [0, 0.05) is 50.8 Å². The number of phenols is 1. The predicted octanol–water partition coefficient (Wildman–Crippen LogP) is 4.90. The van der Waals surface area contributed by atoms with E-state index in [4.69, 9.17) is 4.98 Å². The molecule has 0 bridgehead atoms. The summed E-state index contributed by atoms with van der Waals surface area (Å²) in [5, 5.41) is 12.5. The van der Waals surface area contributed by atoms with Gasteiger partial charge in [0.25, 0.3) is 0 Å². The van der Waals surface area contributed by atoms with Crippen molar-refractivity contribution in [2.45, 2.75) is 13.0 Å². The first kappa shape index (κ1) is 25.5. The van der Waals surface area contributed by atoms with E-state index in [9.17, 15) is 9.90 Å². The molecular weight excluding hydrogens is 500 g/mol. The molecule has 0 aliphatic carbocycles. The Morgan fingerprint density at radius 2 is 1.62 bits per heavy atom. The Hall–Kier alpha value is -4.82. The number of piperazine rings is 1. The molecule has 0 unspecified atom stereocenters. The lowest BCUT2D eigenvalue weighted by molar-refractivity contribution is -0.115. The highest BCUT2D eigenvalue weighted by Gasteiger charge is 2.19. The summed E-state index contributed by atoms with van der Waals surface area (Å²) in [7, 11) is 0. The topological polar surface area (TPSA) is 94.5 Å². The lowest BCUT2D eigenvalue weighted by Crippen LogP contribution is -2.46. The number of nitrogens with one attached hydrogen (secondary N) is 1. The van der Waals surface area contributed by atoms with Crippen molar-refractivity contribution in [3.05, 3.63) is 109 Å². The molecule has 1 aliphatic heterocycles. The maximum Gasteiger partial charge on any atom is 0.228 e. The lowest BCUT2D eigenvalue weighted by Gasteiger charge is -2.35. The minimum absolute atomic E-state index is 0.134. The van der Waals surface area contributed by atoms with Crippen molar-refractivity contribution in [1.82, 2.24) is 19.9 Å². The zero-order valence-electron chi connectivity index (χ0n) is 22.1.